The molecular formula is C9H11ClN6. The van der Waals surface area contributed by atoms with Crippen molar-refractivity contribution in [2.75, 3.05) is 11.1 Å². The first-order valence-corrected chi connectivity index (χ1v) is 5.07. The Hall–Kier alpha value is -1.82. The highest BCUT2D eigenvalue weighted by molar-refractivity contribution is 6.32. The first kappa shape index (κ1) is 10.7. The second-order valence-electron chi connectivity index (χ2n) is 3.32. The minimum atomic E-state index is 0.0343. The van der Waals surface area contributed by atoms with E-state index in [0.29, 0.717) is 11.5 Å². The van der Waals surface area contributed by atoms with E-state index >= 15 is 0 Å². The normalized spacial score (nSPS) is 12.4. The van der Waals surface area contributed by atoms with Gasteiger partial charge in [-0.05, 0) is 6.92 Å². The van der Waals surface area contributed by atoms with Crippen LogP contribution in [0, 0.1) is 0 Å². The summed E-state index contributed by atoms with van der Waals surface area (Å²) < 4.78 is 0. The lowest BCUT2D eigenvalue weighted by Gasteiger charge is -2.14. The third-order valence-corrected chi connectivity index (χ3v) is 2.51. The van der Waals surface area contributed by atoms with Crippen molar-refractivity contribution in [3.63, 3.8) is 0 Å². The average molecular weight is 239 g/mol. The van der Waals surface area contributed by atoms with Crippen LogP contribution in [-0.4, -0.2) is 20.2 Å². The van der Waals surface area contributed by atoms with Crippen LogP contribution in [0.25, 0.3) is 0 Å². The second-order valence-corrected chi connectivity index (χ2v) is 3.68. The fourth-order valence-corrected chi connectivity index (χ4v) is 1.41. The molecule has 6 nitrogen and oxygen atoms in total. The molecule has 2 aromatic rings. The molecular weight excluding hydrogens is 228 g/mol. The van der Waals surface area contributed by atoms with Gasteiger partial charge in [0.15, 0.2) is 11.0 Å². The quantitative estimate of drug-likeness (QED) is 0.707. The average Bonchev–Trinajstić information content (AvgIpc) is 2.78. The van der Waals surface area contributed by atoms with Crippen molar-refractivity contribution in [3.05, 3.63) is 29.4 Å². The molecule has 2 rings (SSSR count). The largest absolute Gasteiger partial charge is 0.393 e. The summed E-state index contributed by atoms with van der Waals surface area (Å²) in [5, 5.41) is 9.99. The molecule has 0 saturated carbocycles. The van der Waals surface area contributed by atoms with Crippen LogP contribution in [0.4, 0.5) is 11.5 Å². The molecule has 7 heteroatoms. The van der Waals surface area contributed by atoms with Gasteiger partial charge < -0.3 is 11.1 Å². The van der Waals surface area contributed by atoms with Gasteiger partial charge in [0, 0.05) is 11.8 Å². The summed E-state index contributed by atoms with van der Waals surface area (Å²) in [6.45, 7) is 1.97. The number of anilines is 2. The van der Waals surface area contributed by atoms with Crippen LogP contribution in [-0.2, 0) is 0 Å². The number of rotatable bonds is 3. The van der Waals surface area contributed by atoms with Crippen LogP contribution in [0.1, 0.15) is 18.5 Å². The van der Waals surface area contributed by atoms with E-state index < -0.39 is 0 Å². The summed E-state index contributed by atoms with van der Waals surface area (Å²) in [5.41, 5.74) is 7.10. The summed E-state index contributed by atoms with van der Waals surface area (Å²) >= 11 is 5.79. The highest BCUT2D eigenvalue weighted by Crippen LogP contribution is 2.25. The summed E-state index contributed by atoms with van der Waals surface area (Å²) in [5.74, 6) is 0.522. The minimum Gasteiger partial charge on any atom is -0.393 e. The molecule has 2 heterocycles. The van der Waals surface area contributed by atoms with Gasteiger partial charge in [0.05, 0.1) is 12.2 Å². The van der Waals surface area contributed by atoms with E-state index in [1.54, 1.807) is 12.4 Å². The standard InChI is InChI=1S/C9H11ClN6/c1-5(6-2-14-15-3-6)16-9-7(11)8(10)12-4-13-9/h2-5H,11H2,1H3,(H,14,15)(H,12,13,16). The molecule has 16 heavy (non-hydrogen) atoms. The lowest BCUT2D eigenvalue weighted by atomic mass is 10.2. The Labute approximate surface area is 97.2 Å². The zero-order valence-corrected chi connectivity index (χ0v) is 9.36. The maximum absolute atomic E-state index is 5.79. The topological polar surface area (TPSA) is 92.5 Å². The molecule has 84 valence electrons. The van der Waals surface area contributed by atoms with Crippen LogP contribution in [0.15, 0.2) is 18.7 Å². The van der Waals surface area contributed by atoms with E-state index in [9.17, 15) is 0 Å². The van der Waals surface area contributed by atoms with Crippen molar-refractivity contribution in [2.45, 2.75) is 13.0 Å². The molecule has 2 aromatic heterocycles. The van der Waals surface area contributed by atoms with Crippen molar-refractivity contribution in [1.82, 2.24) is 20.2 Å². The number of nitrogens with two attached hydrogens (primary N) is 1. The van der Waals surface area contributed by atoms with Gasteiger partial charge in [-0.1, -0.05) is 11.6 Å². The lowest BCUT2D eigenvalue weighted by molar-refractivity contribution is 0.874. The number of hydrogen-bond donors (Lipinski definition) is 3. The molecule has 0 saturated heterocycles. The van der Waals surface area contributed by atoms with E-state index in [1.807, 2.05) is 6.92 Å². The molecule has 0 spiro atoms. The summed E-state index contributed by atoms with van der Waals surface area (Å²) in [6, 6.07) is 0.0343. The maximum atomic E-state index is 5.79. The van der Waals surface area contributed by atoms with Gasteiger partial charge in [-0.25, -0.2) is 9.97 Å². The molecule has 0 fully saturated rings. The fourth-order valence-electron chi connectivity index (χ4n) is 1.28. The zero-order valence-electron chi connectivity index (χ0n) is 8.61. The van der Waals surface area contributed by atoms with Crippen LogP contribution >= 0.6 is 11.6 Å². The van der Waals surface area contributed by atoms with Crippen LogP contribution in [0.5, 0.6) is 0 Å². The van der Waals surface area contributed by atoms with Crippen LogP contribution in [0.3, 0.4) is 0 Å². The van der Waals surface area contributed by atoms with Crippen molar-refractivity contribution in [1.29, 1.82) is 0 Å². The fraction of sp³-hybridized carbons (Fsp3) is 0.222. The van der Waals surface area contributed by atoms with Gasteiger partial charge in [0.25, 0.3) is 0 Å². The Balaban J connectivity index is 2.18. The number of H-pyrrole nitrogens is 1. The van der Waals surface area contributed by atoms with E-state index in [4.69, 9.17) is 17.3 Å². The van der Waals surface area contributed by atoms with Crippen LogP contribution in [0.2, 0.25) is 5.15 Å². The van der Waals surface area contributed by atoms with E-state index in [2.05, 4.69) is 25.5 Å². The summed E-state index contributed by atoms with van der Waals surface area (Å²) in [4.78, 5) is 7.81. The first-order valence-electron chi connectivity index (χ1n) is 4.69. The number of aromatic amines is 1. The van der Waals surface area contributed by atoms with Crippen molar-refractivity contribution in [2.24, 2.45) is 0 Å². The molecule has 0 radical (unpaired) electrons. The van der Waals surface area contributed by atoms with Gasteiger partial charge >= 0.3 is 0 Å². The Kier molecular flexibility index (Phi) is 2.91. The number of nitrogens with zero attached hydrogens (tertiary/aromatic N) is 3. The Bertz CT molecular complexity index is 469. The van der Waals surface area contributed by atoms with Crippen molar-refractivity contribution in [3.8, 4) is 0 Å². The maximum Gasteiger partial charge on any atom is 0.157 e. The zero-order chi connectivity index (χ0) is 11.5. The first-order chi connectivity index (χ1) is 7.68. The third kappa shape index (κ3) is 2.06. The van der Waals surface area contributed by atoms with Crippen molar-refractivity contribution < 1.29 is 0 Å². The monoisotopic (exact) mass is 238 g/mol. The van der Waals surface area contributed by atoms with Gasteiger partial charge in [0.1, 0.15) is 12.0 Å². The SMILES string of the molecule is CC(Nc1ncnc(Cl)c1N)c1cn[nH]c1. The molecule has 4 N–H and O–H groups in total. The highest BCUT2D eigenvalue weighted by atomic mass is 35.5. The molecule has 1 unspecified atom stereocenters. The van der Waals surface area contributed by atoms with Crippen LogP contribution < -0.4 is 11.1 Å². The van der Waals surface area contributed by atoms with Crippen molar-refractivity contribution >= 4 is 23.1 Å². The number of halogens is 1. The number of nitrogens with one attached hydrogen (secondary N) is 2. The number of nitrogen functional groups attached to an aromatic ring is 1. The Morgan fingerprint density at radius 2 is 2.31 bits per heavy atom. The second kappa shape index (κ2) is 4.36. The molecule has 0 aliphatic rings. The summed E-state index contributed by atoms with van der Waals surface area (Å²) in [6.07, 6.45) is 4.90. The van der Waals surface area contributed by atoms with Gasteiger partial charge in [0.2, 0.25) is 0 Å². The van der Waals surface area contributed by atoms with E-state index in [0.717, 1.165) is 5.56 Å². The molecule has 0 aliphatic carbocycles. The summed E-state index contributed by atoms with van der Waals surface area (Å²) in [7, 11) is 0. The van der Waals surface area contributed by atoms with Gasteiger partial charge in [-0.2, -0.15) is 5.10 Å². The third-order valence-electron chi connectivity index (χ3n) is 2.21. The Morgan fingerprint density at radius 1 is 1.50 bits per heavy atom. The van der Waals surface area contributed by atoms with Gasteiger partial charge in [-0.3, -0.25) is 5.10 Å². The minimum absolute atomic E-state index is 0.0343. The number of aromatic nitrogens is 4. The lowest BCUT2D eigenvalue weighted by Crippen LogP contribution is -2.09. The molecule has 0 bridgehead atoms. The number of hydrogen-bond acceptors (Lipinski definition) is 5. The Morgan fingerprint density at radius 3 is 3.00 bits per heavy atom. The smallest absolute Gasteiger partial charge is 0.157 e. The van der Waals surface area contributed by atoms with E-state index in [1.165, 1.54) is 6.33 Å². The predicted molar refractivity (Wildman–Crippen MR) is 62.1 cm³/mol. The predicted octanol–water partition coefficient (Wildman–Crippen LogP) is 1.61. The molecule has 0 aliphatic heterocycles. The molecule has 0 amide bonds. The molecule has 1 atom stereocenters. The van der Waals surface area contributed by atoms with E-state index in [-0.39, 0.29) is 11.2 Å². The van der Waals surface area contributed by atoms with Gasteiger partial charge in [-0.15, -0.1) is 0 Å². The molecule has 0 aromatic carbocycles. The highest BCUT2D eigenvalue weighted by Gasteiger charge is 2.11.